The van der Waals surface area contributed by atoms with Gasteiger partial charge in [0, 0.05) is 19.3 Å². The third-order valence-electron chi connectivity index (χ3n) is 13.8. The van der Waals surface area contributed by atoms with Gasteiger partial charge >= 0.3 is 23.9 Å². The monoisotopic (exact) mass is 1080 g/mol. The second-order valence-corrected chi connectivity index (χ2v) is 21.0. The minimum atomic E-state index is -1.93. The van der Waals surface area contributed by atoms with Crippen LogP contribution in [0, 0.1) is 0 Å². The van der Waals surface area contributed by atoms with Crippen LogP contribution in [0.25, 0.3) is 0 Å². The van der Waals surface area contributed by atoms with Crippen LogP contribution in [0.4, 0.5) is 0 Å². The number of unbranched alkanes of at least 4 members (excludes halogenated alkanes) is 26. The Morgan fingerprint density at radius 2 is 0.844 bits per heavy atom. The summed E-state index contributed by atoms with van der Waals surface area (Å²) in [5.41, 5.74) is 0. The molecule has 6 atom stereocenters. The molecular weight excluding hydrogens is 973 g/mol. The van der Waals surface area contributed by atoms with Gasteiger partial charge in [0.05, 0.1) is 6.61 Å². The molecule has 12 heteroatoms. The van der Waals surface area contributed by atoms with Gasteiger partial charge in [0.25, 0.3) is 0 Å². The molecule has 0 saturated carbocycles. The van der Waals surface area contributed by atoms with Crippen LogP contribution < -0.4 is 0 Å². The smallest absolute Gasteiger partial charge is 0.335 e. The Balaban J connectivity index is 2.69. The number of carboxylic acids is 1. The van der Waals surface area contributed by atoms with Crippen molar-refractivity contribution in [3.8, 4) is 0 Å². The van der Waals surface area contributed by atoms with Crippen molar-refractivity contribution in [2.75, 3.05) is 13.2 Å². The van der Waals surface area contributed by atoms with Crippen molar-refractivity contribution in [2.24, 2.45) is 0 Å². The Labute approximate surface area is 468 Å². The van der Waals surface area contributed by atoms with E-state index in [0.717, 1.165) is 83.5 Å². The Hall–Kier alpha value is -3.84. The number of carbonyl (C=O) groups excluding carboxylic acids is 3. The van der Waals surface area contributed by atoms with E-state index in [1.807, 2.05) is 18.2 Å². The maximum absolute atomic E-state index is 13.2. The lowest BCUT2D eigenvalue weighted by molar-refractivity contribution is -0.301. The SMILES string of the molecule is CC/C=C\C/C=C\C/C=C\C/C=C\CCC(=O)OC1C(OCC(COC(=O)CCCCCCCCCCCCCCCCCCCCC)OC(=O)CCCCCCC/C=C\C/C=C\CCCCC)OC(C(=O)O)C(O)C1O. The zero-order valence-electron chi connectivity index (χ0n) is 48.7. The molecule has 1 aliphatic rings. The van der Waals surface area contributed by atoms with Crippen molar-refractivity contribution in [1.29, 1.82) is 0 Å². The Bertz CT molecular complexity index is 1620. The van der Waals surface area contributed by atoms with Crippen LogP contribution in [0.2, 0.25) is 0 Å². The van der Waals surface area contributed by atoms with E-state index in [0.29, 0.717) is 25.7 Å². The fourth-order valence-electron chi connectivity index (χ4n) is 9.06. The molecule has 3 N–H and O–H groups in total. The average Bonchev–Trinajstić information content (AvgIpc) is 3.42. The number of carboxylic acid groups (broad SMARTS) is 1. The van der Waals surface area contributed by atoms with Gasteiger partial charge in [-0.25, -0.2) is 4.79 Å². The van der Waals surface area contributed by atoms with Crippen LogP contribution in [-0.4, -0.2) is 89.2 Å². The van der Waals surface area contributed by atoms with Gasteiger partial charge in [0.15, 0.2) is 24.6 Å². The van der Waals surface area contributed by atoms with Crippen molar-refractivity contribution < 1.29 is 58.2 Å². The van der Waals surface area contributed by atoms with Gasteiger partial charge in [-0.15, -0.1) is 0 Å². The first kappa shape index (κ1) is 71.2. The van der Waals surface area contributed by atoms with Crippen molar-refractivity contribution in [1.82, 2.24) is 0 Å². The van der Waals surface area contributed by atoms with Gasteiger partial charge in [-0.2, -0.15) is 0 Å². The third kappa shape index (κ3) is 42.7. The van der Waals surface area contributed by atoms with Crippen molar-refractivity contribution in [2.45, 2.75) is 302 Å². The number of allylic oxidation sites excluding steroid dienone is 12. The lowest BCUT2D eigenvalue weighted by atomic mass is 9.98. The van der Waals surface area contributed by atoms with E-state index in [9.17, 15) is 34.5 Å². The second-order valence-electron chi connectivity index (χ2n) is 21.0. The van der Waals surface area contributed by atoms with Crippen LogP contribution in [0.15, 0.2) is 72.9 Å². The molecule has 1 fully saturated rings. The van der Waals surface area contributed by atoms with Crippen LogP contribution >= 0.6 is 0 Å². The summed E-state index contributed by atoms with van der Waals surface area (Å²) in [5.74, 6) is -3.23. The molecule has 0 aromatic heterocycles. The molecule has 12 nitrogen and oxygen atoms in total. The zero-order chi connectivity index (χ0) is 56.1. The van der Waals surface area contributed by atoms with Gasteiger partial charge in [-0.05, 0) is 77.0 Å². The first-order valence-corrected chi connectivity index (χ1v) is 30.9. The van der Waals surface area contributed by atoms with Gasteiger partial charge in [-0.3, -0.25) is 14.4 Å². The molecule has 0 bridgehead atoms. The van der Waals surface area contributed by atoms with Crippen molar-refractivity contribution in [3.63, 3.8) is 0 Å². The number of esters is 3. The molecule has 6 unspecified atom stereocenters. The number of ether oxygens (including phenoxy) is 5. The van der Waals surface area contributed by atoms with Gasteiger partial charge in [0.1, 0.15) is 18.8 Å². The van der Waals surface area contributed by atoms with E-state index in [4.69, 9.17) is 23.7 Å². The predicted molar refractivity (Wildman–Crippen MR) is 312 cm³/mol. The van der Waals surface area contributed by atoms with Crippen LogP contribution in [0.1, 0.15) is 265 Å². The molecule has 0 aromatic rings. The minimum Gasteiger partial charge on any atom is -0.479 e. The molecule has 0 spiro atoms. The summed E-state index contributed by atoms with van der Waals surface area (Å²) in [7, 11) is 0. The zero-order valence-corrected chi connectivity index (χ0v) is 48.7. The second kappa shape index (κ2) is 52.8. The molecule has 0 radical (unpaired) electrons. The summed E-state index contributed by atoms with van der Waals surface area (Å²) in [6.07, 6.45) is 54.6. The highest BCUT2D eigenvalue weighted by Crippen LogP contribution is 2.26. The van der Waals surface area contributed by atoms with E-state index < -0.39 is 67.3 Å². The largest absolute Gasteiger partial charge is 0.479 e. The highest BCUT2D eigenvalue weighted by Gasteiger charge is 2.50. The number of hydrogen-bond donors (Lipinski definition) is 3. The quantitative estimate of drug-likeness (QED) is 0.0228. The molecule has 0 aromatic carbocycles. The van der Waals surface area contributed by atoms with E-state index in [2.05, 4.69) is 75.5 Å². The van der Waals surface area contributed by atoms with Gasteiger partial charge < -0.3 is 39.0 Å². The van der Waals surface area contributed by atoms with Gasteiger partial charge in [0.2, 0.25) is 0 Å². The molecular formula is C65H110O12. The highest BCUT2D eigenvalue weighted by atomic mass is 16.7. The summed E-state index contributed by atoms with van der Waals surface area (Å²) in [4.78, 5) is 51.1. The minimum absolute atomic E-state index is 0.0630. The maximum atomic E-state index is 13.2. The molecule has 77 heavy (non-hydrogen) atoms. The van der Waals surface area contributed by atoms with E-state index in [1.165, 1.54) is 116 Å². The summed E-state index contributed by atoms with van der Waals surface area (Å²) >= 11 is 0. The van der Waals surface area contributed by atoms with Gasteiger partial charge in [-0.1, -0.05) is 241 Å². The maximum Gasteiger partial charge on any atom is 0.335 e. The summed E-state index contributed by atoms with van der Waals surface area (Å²) in [6, 6.07) is 0. The van der Waals surface area contributed by atoms with E-state index in [-0.39, 0.29) is 25.9 Å². The predicted octanol–water partition coefficient (Wildman–Crippen LogP) is 16.1. The summed E-state index contributed by atoms with van der Waals surface area (Å²) < 4.78 is 28.4. The summed E-state index contributed by atoms with van der Waals surface area (Å²) in [6.45, 7) is 5.82. The fraction of sp³-hybridized carbons (Fsp3) is 0.754. The number of aliphatic hydroxyl groups is 2. The Kier molecular flexibility index (Phi) is 48.8. The third-order valence-corrected chi connectivity index (χ3v) is 13.8. The molecule has 442 valence electrons. The van der Waals surface area contributed by atoms with Crippen LogP contribution in [0.3, 0.4) is 0 Å². The lowest BCUT2D eigenvalue weighted by Crippen LogP contribution is -2.61. The molecule has 1 aliphatic heterocycles. The first-order valence-electron chi connectivity index (χ1n) is 30.9. The first-order chi connectivity index (χ1) is 37.6. The molecule has 1 heterocycles. The van der Waals surface area contributed by atoms with Crippen molar-refractivity contribution in [3.05, 3.63) is 72.9 Å². The molecule has 0 amide bonds. The topological polar surface area (TPSA) is 175 Å². The number of carbonyl (C=O) groups is 4. The number of hydrogen-bond acceptors (Lipinski definition) is 11. The Morgan fingerprint density at radius 1 is 0.442 bits per heavy atom. The molecule has 1 saturated heterocycles. The lowest BCUT2D eigenvalue weighted by Gasteiger charge is -2.40. The summed E-state index contributed by atoms with van der Waals surface area (Å²) in [5, 5.41) is 31.5. The van der Waals surface area contributed by atoms with Crippen LogP contribution in [0.5, 0.6) is 0 Å². The molecule has 1 rings (SSSR count). The molecule has 0 aliphatic carbocycles. The fourth-order valence-corrected chi connectivity index (χ4v) is 9.06. The average molecular weight is 1080 g/mol. The number of aliphatic carboxylic acids is 1. The normalized spacial score (nSPS) is 18.5. The standard InChI is InChI=1S/C65H110O12/c1-4-7-10-13-16-19-22-25-27-28-29-30-32-34-36-39-42-45-48-51-57(66)73-54-56(75-58(67)52-49-46-43-40-38-35-31-26-23-20-17-14-11-8-5-2)55-74-65-63(61(70)60(69)62(77-65)64(71)72)76-59(68)53-50-47-44-41-37-33-24-21-18-15-12-9-6-3/h9,12,17-18,20-21,26,31,33,37,44,47,56,60-63,65,69-70H,4-8,10-11,13-16,19,22-25,27-30,32,34-36,38-43,45-46,48-55H2,1-3H3,(H,71,72)/b12-9-,20-17-,21-18-,31-26-,37-33-,47-44-. The van der Waals surface area contributed by atoms with Crippen molar-refractivity contribution >= 4 is 23.9 Å². The Morgan fingerprint density at radius 3 is 1.32 bits per heavy atom. The number of rotatable bonds is 52. The van der Waals surface area contributed by atoms with Crippen LogP contribution in [-0.2, 0) is 42.9 Å². The highest BCUT2D eigenvalue weighted by molar-refractivity contribution is 5.74. The van der Waals surface area contributed by atoms with E-state index >= 15 is 0 Å². The number of aliphatic hydroxyl groups excluding tert-OH is 2. The van der Waals surface area contributed by atoms with E-state index in [1.54, 1.807) is 0 Å².